The van der Waals surface area contributed by atoms with E-state index in [0.717, 1.165) is 4.88 Å². The van der Waals surface area contributed by atoms with E-state index in [4.69, 9.17) is 4.74 Å². The molecule has 0 unspecified atom stereocenters. The minimum atomic E-state index is -0.187. The summed E-state index contributed by atoms with van der Waals surface area (Å²) in [5.74, 6) is -0.276. The van der Waals surface area contributed by atoms with E-state index < -0.39 is 0 Å². The highest BCUT2D eigenvalue weighted by Gasteiger charge is 2.39. The van der Waals surface area contributed by atoms with E-state index in [9.17, 15) is 14.4 Å². The zero-order valence-corrected chi connectivity index (χ0v) is 13.9. The summed E-state index contributed by atoms with van der Waals surface area (Å²) >= 11 is 1.42. The molecular formula is C16H20N2O4S. The predicted octanol–water partition coefficient (Wildman–Crippen LogP) is 1.23. The fourth-order valence-electron chi connectivity index (χ4n) is 3.12. The van der Waals surface area contributed by atoms with Crippen molar-refractivity contribution in [2.45, 2.75) is 12.8 Å². The van der Waals surface area contributed by atoms with Gasteiger partial charge in [-0.05, 0) is 24.3 Å². The van der Waals surface area contributed by atoms with Gasteiger partial charge in [0.2, 0.25) is 5.91 Å². The van der Waals surface area contributed by atoms with Crippen LogP contribution in [0.2, 0.25) is 0 Å². The van der Waals surface area contributed by atoms with Crippen molar-refractivity contribution in [3.8, 4) is 0 Å². The molecule has 23 heavy (non-hydrogen) atoms. The maximum absolute atomic E-state index is 12.5. The second-order valence-electron chi connectivity index (χ2n) is 6.01. The average Bonchev–Trinajstić information content (AvgIpc) is 3.07. The number of ether oxygens (including phenoxy) is 1. The Morgan fingerprint density at radius 2 is 1.83 bits per heavy atom. The maximum atomic E-state index is 12.5. The van der Waals surface area contributed by atoms with Crippen LogP contribution in [0.25, 0.3) is 0 Å². The summed E-state index contributed by atoms with van der Waals surface area (Å²) in [6, 6.07) is 3.66. The van der Waals surface area contributed by atoms with E-state index in [1.807, 2.05) is 16.3 Å². The van der Waals surface area contributed by atoms with Crippen LogP contribution in [0.4, 0.5) is 0 Å². The van der Waals surface area contributed by atoms with Crippen LogP contribution in [0, 0.1) is 11.8 Å². The van der Waals surface area contributed by atoms with E-state index in [1.54, 1.807) is 11.0 Å². The van der Waals surface area contributed by atoms with Gasteiger partial charge in [-0.15, -0.1) is 11.3 Å². The minimum absolute atomic E-state index is 0.00782. The summed E-state index contributed by atoms with van der Waals surface area (Å²) in [5, 5.41) is 1.88. The Labute approximate surface area is 139 Å². The Bertz CT molecular complexity index is 587. The molecule has 2 aliphatic heterocycles. The van der Waals surface area contributed by atoms with Gasteiger partial charge < -0.3 is 14.5 Å². The average molecular weight is 336 g/mol. The number of hydrogen-bond acceptors (Lipinski definition) is 5. The molecule has 0 aromatic carbocycles. The molecular weight excluding hydrogens is 316 g/mol. The van der Waals surface area contributed by atoms with Crippen LogP contribution < -0.4 is 0 Å². The molecule has 7 heteroatoms. The van der Waals surface area contributed by atoms with E-state index in [2.05, 4.69) is 0 Å². The standard InChI is InChI=1S/C16H20N2O4S/c1-22-16(21)11-4-6-17(7-5-11)14(19)12-9-18(10-12)15(20)13-3-2-8-23-13/h2-3,8,11-12H,4-7,9-10H2,1H3. The molecule has 0 saturated carbocycles. The Morgan fingerprint density at radius 1 is 1.13 bits per heavy atom. The smallest absolute Gasteiger partial charge is 0.308 e. The molecule has 1 aromatic heterocycles. The van der Waals surface area contributed by atoms with Crippen LogP contribution in [-0.4, -0.2) is 60.9 Å². The molecule has 2 amide bonds. The third-order valence-electron chi connectivity index (χ3n) is 4.59. The summed E-state index contributed by atoms with van der Waals surface area (Å²) in [6.45, 7) is 2.17. The van der Waals surface area contributed by atoms with Crippen molar-refractivity contribution in [1.29, 1.82) is 0 Å². The van der Waals surface area contributed by atoms with Crippen molar-refractivity contribution in [3.05, 3.63) is 22.4 Å². The van der Waals surface area contributed by atoms with Crippen molar-refractivity contribution >= 4 is 29.1 Å². The lowest BCUT2D eigenvalue weighted by Gasteiger charge is -2.41. The van der Waals surface area contributed by atoms with Crippen LogP contribution in [0.15, 0.2) is 17.5 Å². The number of methoxy groups -OCH3 is 1. The van der Waals surface area contributed by atoms with E-state index in [0.29, 0.717) is 39.0 Å². The largest absolute Gasteiger partial charge is 0.469 e. The Hall–Kier alpha value is -1.89. The SMILES string of the molecule is COC(=O)C1CCN(C(=O)C2CN(C(=O)c3cccs3)C2)CC1. The van der Waals surface area contributed by atoms with Crippen LogP contribution in [0.1, 0.15) is 22.5 Å². The molecule has 2 aliphatic rings. The van der Waals surface area contributed by atoms with Crippen molar-refractivity contribution in [2.75, 3.05) is 33.3 Å². The second-order valence-corrected chi connectivity index (χ2v) is 6.95. The summed E-state index contributed by atoms with van der Waals surface area (Å²) in [4.78, 5) is 40.4. The zero-order chi connectivity index (χ0) is 16.4. The first-order valence-electron chi connectivity index (χ1n) is 7.79. The second kappa shape index (κ2) is 6.70. The number of rotatable bonds is 3. The van der Waals surface area contributed by atoms with Crippen molar-refractivity contribution in [1.82, 2.24) is 9.80 Å². The van der Waals surface area contributed by atoms with Gasteiger partial charge in [-0.25, -0.2) is 0 Å². The van der Waals surface area contributed by atoms with E-state index in [-0.39, 0.29) is 29.6 Å². The number of carbonyl (C=O) groups excluding carboxylic acids is 3. The quantitative estimate of drug-likeness (QED) is 0.779. The van der Waals surface area contributed by atoms with Gasteiger partial charge in [-0.2, -0.15) is 0 Å². The molecule has 3 rings (SSSR count). The highest BCUT2D eigenvalue weighted by atomic mass is 32.1. The van der Waals surface area contributed by atoms with Gasteiger partial charge in [0.05, 0.1) is 23.8 Å². The fourth-order valence-corrected chi connectivity index (χ4v) is 3.81. The topological polar surface area (TPSA) is 66.9 Å². The van der Waals surface area contributed by atoms with Crippen molar-refractivity contribution in [2.24, 2.45) is 11.8 Å². The number of carbonyl (C=O) groups is 3. The third kappa shape index (κ3) is 3.24. The normalized spacial score (nSPS) is 19.3. The lowest BCUT2D eigenvalue weighted by atomic mass is 9.93. The molecule has 124 valence electrons. The number of amides is 2. The van der Waals surface area contributed by atoms with Gasteiger partial charge in [0.15, 0.2) is 0 Å². The number of likely N-dealkylation sites (tertiary alicyclic amines) is 2. The number of hydrogen-bond donors (Lipinski definition) is 0. The molecule has 1 aromatic rings. The van der Waals surface area contributed by atoms with Gasteiger partial charge >= 0.3 is 5.97 Å². The molecule has 0 bridgehead atoms. The number of esters is 1. The first-order valence-corrected chi connectivity index (χ1v) is 8.67. The van der Waals surface area contributed by atoms with E-state index in [1.165, 1.54) is 18.4 Å². The Balaban J connectivity index is 1.46. The monoisotopic (exact) mass is 336 g/mol. The third-order valence-corrected chi connectivity index (χ3v) is 5.45. The van der Waals surface area contributed by atoms with Crippen molar-refractivity contribution in [3.63, 3.8) is 0 Å². The summed E-state index contributed by atoms with van der Waals surface area (Å²) in [6.07, 6.45) is 1.31. The summed E-state index contributed by atoms with van der Waals surface area (Å²) in [5.41, 5.74) is 0. The molecule has 6 nitrogen and oxygen atoms in total. The molecule has 0 aliphatic carbocycles. The first-order chi connectivity index (χ1) is 11.1. The van der Waals surface area contributed by atoms with Gasteiger partial charge in [0.1, 0.15) is 0 Å². The summed E-state index contributed by atoms with van der Waals surface area (Å²) < 4.78 is 4.76. The molecule has 2 fully saturated rings. The van der Waals surface area contributed by atoms with Crippen LogP contribution in [0.5, 0.6) is 0 Å². The molecule has 2 saturated heterocycles. The van der Waals surface area contributed by atoms with Crippen molar-refractivity contribution < 1.29 is 19.1 Å². The molecule has 0 spiro atoms. The molecule has 0 N–H and O–H groups in total. The summed E-state index contributed by atoms with van der Waals surface area (Å²) in [7, 11) is 1.40. The highest BCUT2D eigenvalue weighted by molar-refractivity contribution is 7.12. The maximum Gasteiger partial charge on any atom is 0.308 e. The fraction of sp³-hybridized carbons (Fsp3) is 0.562. The van der Waals surface area contributed by atoms with E-state index >= 15 is 0 Å². The van der Waals surface area contributed by atoms with Gasteiger partial charge in [-0.3, -0.25) is 14.4 Å². The Morgan fingerprint density at radius 3 is 2.39 bits per heavy atom. The number of piperidine rings is 1. The predicted molar refractivity (Wildman–Crippen MR) is 85.0 cm³/mol. The van der Waals surface area contributed by atoms with Gasteiger partial charge in [0.25, 0.3) is 5.91 Å². The Kier molecular flexibility index (Phi) is 4.66. The first kappa shape index (κ1) is 16.0. The van der Waals surface area contributed by atoms with Crippen LogP contribution in [0.3, 0.4) is 0 Å². The van der Waals surface area contributed by atoms with Crippen LogP contribution in [-0.2, 0) is 14.3 Å². The zero-order valence-electron chi connectivity index (χ0n) is 13.1. The van der Waals surface area contributed by atoms with Gasteiger partial charge in [0, 0.05) is 26.2 Å². The molecule has 0 radical (unpaired) electrons. The lowest BCUT2D eigenvalue weighted by molar-refractivity contribution is -0.150. The number of thiophene rings is 1. The van der Waals surface area contributed by atoms with Crippen LogP contribution >= 0.6 is 11.3 Å². The van der Waals surface area contributed by atoms with Gasteiger partial charge in [-0.1, -0.05) is 6.07 Å². The molecule has 0 atom stereocenters. The minimum Gasteiger partial charge on any atom is -0.469 e. The lowest BCUT2D eigenvalue weighted by Crippen LogP contribution is -2.57. The number of nitrogens with zero attached hydrogens (tertiary/aromatic N) is 2. The highest BCUT2D eigenvalue weighted by Crippen LogP contribution is 2.25. The molecule has 3 heterocycles.